The molecule has 2 bridgehead atoms. The molecule has 0 amide bonds. The van der Waals surface area contributed by atoms with Crippen LogP contribution in [0.25, 0.3) is 0 Å². The molecule has 1 nitrogen and oxygen atoms in total. The molecule has 0 aromatic rings. The lowest BCUT2D eigenvalue weighted by atomic mass is 9.87. The molecule has 5 atom stereocenters. The topological polar surface area (TPSA) is 12.0 Å². The van der Waals surface area contributed by atoms with Gasteiger partial charge < -0.3 is 5.32 Å². The van der Waals surface area contributed by atoms with Crippen LogP contribution in [0.1, 0.15) is 65.7 Å². The second-order valence-electron chi connectivity index (χ2n) is 6.65. The van der Waals surface area contributed by atoms with Gasteiger partial charge in [0, 0.05) is 12.1 Å². The van der Waals surface area contributed by atoms with Gasteiger partial charge in [-0.2, -0.15) is 0 Å². The maximum atomic E-state index is 3.85. The molecule has 2 rings (SSSR count). The van der Waals surface area contributed by atoms with E-state index in [1.54, 1.807) is 0 Å². The molecule has 1 fully saturated rings. The Morgan fingerprint density at radius 3 is 2.56 bits per heavy atom. The Morgan fingerprint density at radius 2 is 1.94 bits per heavy atom. The highest BCUT2D eigenvalue weighted by Gasteiger charge is 2.38. The van der Waals surface area contributed by atoms with Crippen molar-refractivity contribution in [1.29, 1.82) is 0 Å². The monoisotopic (exact) mass is 249 g/mol. The third-order valence-electron chi connectivity index (χ3n) is 5.01. The predicted octanol–water partition coefficient (Wildman–Crippen LogP) is 4.54. The molecule has 104 valence electrons. The van der Waals surface area contributed by atoms with Crippen molar-refractivity contribution in [2.45, 2.75) is 77.8 Å². The van der Waals surface area contributed by atoms with Crippen LogP contribution < -0.4 is 5.32 Å². The number of rotatable bonds is 8. The van der Waals surface area contributed by atoms with Gasteiger partial charge >= 0.3 is 0 Å². The molecule has 0 heterocycles. The summed E-state index contributed by atoms with van der Waals surface area (Å²) in [6.07, 6.45) is 14.7. The zero-order valence-electron chi connectivity index (χ0n) is 12.5. The summed E-state index contributed by atoms with van der Waals surface area (Å²) in [6.45, 7) is 7.06. The molecule has 0 radical (unpaired) electrons. The smallest absolute Gasteiger partial charge is 0.00753 e. The van der Waals surface area contributed by atoms with Gasteiger partial charge in [0.15, 0.2) is 0 Å². The Labute approximate surface area is 113 Å². The van der Waals surface area contributed by atoms with Crippen LogP contribution >= 0.6 is 0 Å². The SMILES string of the molecule is CCCCCCC(C)NC(C)C1CC2C=CC1C2. The maximum absolute atomic E-state index is 3.85. The first kappa shape index (κ1) is 14.1. The van der Waals surface area contributed by atoms with Crippen LogP contribution in [0.5, 0.6) is 0 Å². The van der Waals surface area contributed by atoms with Crippen molar-refractivity contribution in [2.75, 3.05) is 0 Å². The summed E-state index contributed by atoms with van der Waals surface area (Å²) in [4.78, 5) is 0. The molecule has 18 heavy (non-hydrogen) atoms. The van der Waals surface area contributed by atoms with Gasteiger partial charge in [-0.05, 0) is 50.9 Å². The first-order valence-corrected chi connectivity index (χ1v) is 8.15. The van der Waals surface area contributed by atoms with Gasteiger partial charge in [-0.1, -0.05) is 44.8 Å². The van der Waals surface area contributed by atoms with Crippen molar-refractivity contribution in [2.24, 2.45) is 17.8 Å². The summed E-state index contributed by atoms with van der Waals surface area (Å²) in [5.41, 5.74) is 0. The van der Waals surface area contributed by atoms with Crippen LogP contribution in [0, 0.1) is 17.8 Å². The average Bonchev–Trinajstić information content (AvgIpc) is 2.96. The van der Waals surface area contributed by atoms with Crippen LogP contribution in [-0.4, -0.2) is 12.1 Å². The number of fused-ring (bicyclic) bond motifs is 2. The molecular weight excluding hydrogens is 218 g/mol. The minimum absolute atomic E-state index is 0.694. The second kappa shape index (κ2) is 6.75. The van der Waals surface area contributed by atoms with E-state index in [2.05, 4.69) is 38.2 Å². The van der Waals surface area contributed by atoms with Gasteiger partial charge in [0.05, 0.1) is 0 Å². The zero-order valence-corrected chi connectivity index (χ0v) is 12.5. The van der Waals surface area contributed by atoms with E-state index in [0.29, 0.717) is 12.1 Å². The van der Waals surface area contributed by atoms with Gasteiger partial charge in [0.2, 0.25) is 0 Å². The van der Waals surface area contributed by atoms with Crippen molar-refractivity contribution in [1.82, 2.24) is 5.32 Å². The Kier molecular flexibility index (Phi) is 5.29. The van der Waals surface area contributed by atoms with E-state index in [9.17, 15) is 0 Å². The lowest BCUT2D eigenvalue weighted by Gasteiger charge is -2.29. The third-order valence-corrected chi connectivity index (χ3v) is 5.01. The summed E-state index contributed by atoms with van der Waals surface area (Å²) in [7, 11) is 0. The van der Waals surface area contributed by atoms with E-state index in [1.165, 1.54) is 44.9 Å². The van der Waals surface area contributed by atoms with E-state index >= 15 is 0 Å². The maximum Gasteiger partial charge on any atom is 0.00753 e. The molecule has 2 aliphatic carbocycles. The van der Waals surface area contributed by atoms with Crippen molar-refractivity contribution < 1.29 is 0 Å². The summed E-state index contributed by atoms with van der Waals surface area (Å²) in [6, 6.07) is 1.39. The summed E-state index contributed by atoms with van der Waals surface area (Å²) >= 11 is 0. The Morgan fingerprint density at radius 1 is 1.11 bits per heavy atom. The van der Waals surface area contributed by atoms with Crippen LogP contribution in [0.3, 0.4) is 0 Å². The second-order valence-corrected chi connectivity index (χ2v) is 6.65. The van der Waals surface area contributed by atoms with E-state index < -0.39 is 0 Å². The Balaban J connectivity index is 1.64. The normalized spacial score (nSPS) is 32.9. The molecule has 1 saturated carbocycles. The summed E-state index contributed by atoms with van der Waals surface area (Å²) < 4.78 is 0. The predicted molar refractivity (Wildman–Crippen MR) is 79.7 cm³/mol. The van der Waals surface area contributed by atoms with Gasteiger partial charge in [-0.3, -0.25) is 0 Å². The fourth-order valence-corrected chi connectivity index (χ4v) is 3.93. The van der Waals surface area contributed by atoms with Crippen molar-refractivity contribution in [3.05, 3.63) is 12.2 Å². The molecule has 0 aliphatic heterocycles. The van der Waals surface area contributed by atoms with Crippen LogP contribution in [0.4, 0.5) is 0 Å². The highest BCUT2D eigenvalue weighted by Crippen LogP contribution is 2.44. The van der Waals surface area contributed by atoms with Gasteiger partial charge in [-0.25, -0.2) is 0 Å². The fourth-order valence-electron chi connectivity index (χ4n) is 3.93. The average molecular weight is 249 g/mol. The first-order chi connectivity index (χ1) is 8.70. The summed E-state index contributed by atoms with van der Waals surface area (Å²) in [5, 5.41) is 3.85. The molecule has 5 unspecified atom stereocenters. The molecule has 0 aromatic heterocycles. The van der Waals surface area contributed by atoms with Gasteiger partial charge in [0.1, 0.15) is 0 Å². The largest absolute Gasteiger partial charge is 0.311 e. The number of nitrogens with one attached hydrogen (secondary N) is 1. The van der Waals surface area contributed by atoms with E-state index in [-0.39, 0.29) is 0 Å². The molecule has 1 heteroatoms. The molecule has 0 saturated heterocycles. The van der Waals surface area contributed by atoms with Crippen molar-refractivity contribution in [3.63, 3.8) is 0 Å². The first-order valence-electron chi connectivity index (χ1n) is 8.15. The van der Waals surface area contributed by atoms with Gasteiger partial charge in [-0.15, -0.1) is 0 Å². The number of unbranched alkanes of at least 4 members (excludes halogenated alkanes) is 3. The quantitative estimate of drug-likeness (QED) is 0.492. The molecule has 0 spiro atoms. The zero-order chi connectivity index (χ0) is 13.0. The number of allylic oxidation sites excluding steroid dienone is 2. The number of hydrogen-bond donors (Lipinski definition) is 1. The van der Waals surface area contributed by atoms with Crippen molar-refractivity contribution >= 4 is 0 Å². The van der Waals surface area contributed by atoms with E-state index in [0.717, 1.165) is 17.8 Å². The Hall–Kier alpha value is -0.300. The van der Waals surface area contributed by atoms with E-state index in [1.807, 2.05) is 0 Å². The molecule has 2 aliphatic rings. The lowest BCUT2D eigenvalue weighted by molar-refractivity contribution is 0.298. The highest BCUT2D eigenvalue weighted by molar-refractivity contribution is 5.11. The lowest BCUT2D eigenvalue weighted by Crippen LogP contribution is -2.40. The van der Waals surface area contributed by atoms with Crippen molar-refractivity contribution in [3.8, 4) is 0 Å². The standard InChI is InChI=1S/C17H31N/c1-4-5-6-7-8-13(2)18-14(3)17-12-15-9-10-16(17)11-15/h9-10,13-18H,4-8,11-12H2,1-3H3. The minimum atomic E-state index is 0.694. The van der Waals surface area contributed by atoms with Crippen LogP contribution in [0.2, 0.25) is 0 Å². The van der Waals surface area contributed by atoms with Crippen LogP contribution in [-0.2, 0) is 0 Å². The molecular formula is C17H31N. The van der Waals surface area contributed by atoms with E-state index in [4.69, 9.17) is 0 Å². The molecule has 0 aromatic carbocycles. The molecule has 1 N–H and O–H groups in total. The summed E-state index contributed by atoms with van der Waals surface area (Å²) in [5.74, 6) is 2.69. The minimum Gasteiger partial charge on any atom is -0.311 e. The number of hydrogen-bond acceptors (Lipinski definition) is 1. The highest BCUT2D eigenvalue weighted by atomic mass is 14.9. The van der Waals surface area contributed by atoms with Crippen LogP contribution in [0.15, 0.2) is 12.2 Å². The third kappa shape index (κ3) is 3.60. The Bertz CT molecular complexity index is 271. The fraction of sp³-hybridized carbons (Fsp3) is 0.882. The van der Waals surface area contributed by atoms with Gasteiger partial charge in [0.25, 0.3) is 0 Å².